The summed E-state index contributed by atoms with van der Waals surface area (Å²) in [5.41, 5.74) is 0.946. The molecule has 3 nitrogen and oxygen atoms in total. The second-order valence-electron chi connectivity index (χ2n) is 2.55. The number of oxime groups is 1. The zero-order chi connectivity index (χ0) is 8.39. The van der Waals surface area contributed by atoms with Gasteiger partial charge in [0.25, 0.3) is 12.2 Å². The molecule has 1 aromatic rings. The lowest BCUT2D eigenvalue weighted by Gasteiger charge is -2.01. The molecule has 1 aromatic carbocycles. The Morgan fingerprint density at radius 1 is 1.25 bits per heavy atom. The molecule has 3 heteroatoms. The summed E-state index contributed by atoms with van der Waals surface area (Å²) in [4.78, 5) is 4.89. The third-order valence-corrected chi connectivity index (χ3v) is 1.58. The van der Waals surface area contributed by atoms with Gasteiger partial charge in [-0.2, -0.15) is 0 Å². The molecule has 12 heavy (non-hydrogen) atoms. The van der Waals surface area contributed by atoms with Crippen LogP contribution in [0.1, 0.15) is 12.5 Å². The molecule has 0 fully saturated rings. The lowest BCUT2D eigenvalue weighted by atomic mass is 10.2. The molecule has 62 valence electrons. The van der Waals surface area contributed by atoms with Crippen LogP contribution in [0.4, 0.5) is 0 Å². The normalized spacial score (nSPS) is 21.1. The van der Waals surface area contributed by atoms with Gasteiger partial charge in [0, 0.05) is 12.5 Å². The highest BCUT2D eigenvalue weighted by Gasteiger charge is 2.17. The predicted molar refractivity (Wildman–Crippen MR) is 44.6 cm³/mol. The molecule has 1 heterocycles. The number of benzene rings is 1. The van der Waals surface area contributed by atoms with E-state index in [1.54, 1.807) is 6.92 Å². The van der Waals surface area contributed by atoms with Crippen LogP contribution in [0.15, 0.2) is 35.5 Å². The topological polar surface area (TPSA) is 30.8 Å². The fourth-order valence-electron chi connectivity index (χ4n) is 1.02. The molecular weight excluding hydrogens is 154 g/mol. The van der Waals surface area contributed by atoms with Crippen molar-refractivity contribution in [1.82, 2.24) is 0 Å². The summed E-state index contributed by atoms with van der Waals surface area (Å²) in [5.74, 6) is 0.558. The Bertz CT molecular complexity index is 295. The van der Waals surface area contributed by atoms with Crippen molar-refractivity contribution in [3.8, 4) is 0 Å². The van der Waals surface area contributed by atoms with Crippen LogP contribution < -0.4 is 0 Å². The number of hydrogen-bond acceptors (Lipinski definition) is 3. The lowest BCUT2D eigenvalue weighted by molar-refractivity contribution is -0.0317. The molecule has 0 saturated carbocycles. The molecule has 0 saturated heterocycles. The minimum atomic E-state index is -0.264. The van der Waals surface area contributed by atoms with Gasteiger partial charge in [0.2, 0.25) is 0 Å². The number of ether oxygens (including phenoxy) is 1. The van der Waals surface area contributed by atoms with E-state index in [-0.39, 0.29) is 6.29 Å². The first-order valence-electron chi connectivity index (χ1n) is 3.82. The van der Waals surface area contributed by atoms with E-state index < -0.39 is 0 Å². The van der Waals surface area contributed by atoms with E-state index in [1.807, 2.05) is 30.3 Å². The van der Waals surface area contributed by atoms with Gasteiger partial charge in [-0.15, -0.1) is 0 Å². The number of hydrogen-bond donors (Lipinski definition) is 0. The molecule has 0 amide bonds. The summed E-state index contributed by atoms with van der Waals surface area (Å²) >= 11 is 0. The van der Waals surface area contributed by atoms with Gasteiger partial charge in [-0.3, -0.25) is 0 Å². The van der Waals surface area contributed by atoms with Crippen molar-refractivity contribution < 1.29 is 9.57 Å². The SMILES string of the molecule is CC1ON=C(c2ccccc2)O1. The van der Waals surface area contributed by atoms with Gasteiger partial charge < -0.3 is 9.57 Å². The largest absolute Gasteiger partial charge is 0.433 e. The first-order chi connectivity index (χ1) is 5.86. The predicted octanol–water partition coefficient (Wildman–Crippen LogP) is 1.74. The Kier molecular flexibility index (Phi) is 1.70. The Morgan fingerprint density at radius 3 is 2.58 bits per heavy atom. The van der Waals surface area contributed by atoms with Gasteiger partial charge in [0.15, 0.2) is 0 Å². The number of rotatable bonds is 1. The summed E-state index contributed by atoms with van der Waals surface area (Å²) in [6, 6.07) is 9.68. The van der Waals surface area contributed by atoms with Gasteiger partial charge in [0.1, 0.15) is 0 Å². The molecule has 1 aliphatic rings. The van der Waals surface area contributed by atoms with Crippen LogP contribution in [0.2, 0.25) is 0 Å². The second-order valence-corrected chi connectivity index (χ2v) is 2.55. The van der Waals surface area contributed by atoms with Crippen molar-refractivity contribution in [2.75, 3.05) is 0 Å². The van der Waals surface area contributed by atoms with Crippen molar-refractivity contribution >= 4 is 5.90 Å². The van der Waals surface area contributed by atoms with Crippen LogP contribution >= 0.6 is 0 Å². The Hall–Kier alpha value is -1.51. The van der Waals surface area contributed by atoms with Gasteiger partial charge in [-0.1, -0.05) is 18.2 Å². The van der Waals surface area contributed by atoms with E-state index >= 15 is 0 Å². The van der Waals surface area contributed by atoms with E-state index in [2.05, 4.69) is 5.16 Å². The highest BCUT2D eigenvalue weighted by atomic mass is 16.8. The van der Waals surface area contributed by atoms with E-state index in [0.717, 1.165) is 5.56 Å². The maximum absolute atomic E-state index is 5.28. The average molecular weight is 163 g/mol. The molecule has 0 radical (unpaired) electrons. The average Bonchev–Trinajstić information content (AvgIpc) is 2.54. The maximum atomic E-state index is 5.28. The first-order valence-corrected chi connectivity index (χ1v) is 3.82. The highest BCUT2D eigenvalue weighted by Crippen LogP contribution is 2.12. The van der Waals surface area contributed by atoms with Crippen molar-refractivity contribution in [2.45, 2.75) is 13.2 Å². The molecule has 0 bridgehead atoms. The van der Waals surface area contributed by atoms with Crippen LogP contribution in [0.25, 0.3) is 0 Å². The minimum Gasteiger partial charge on any atom is -0.433 e. The van der Waals surface area contributed by atoms with Crippen LogP contribution in [0, 0.1) is 0 Å². The summed E-state index contributed by atoms with van der Waals surface area (Å²) in [6.45, 7) is 1.80. The van der Waals surface area contributed by atoms with Crippen molar-refractivity contribution in [3.63, 3.8) is 0 Å². The zero-order valence-electron chi connectivity index (χ0n) is 6.73. The molecule has 0 spiro atoms. The van der Waals surface area contributed by atoms with E-state index in [9.17, 15) is 0 Å². The summed E-state index contributed by atoms with van der Waals surface area (Å²) in [5, 5.41) is 3.78. The third kappa shape index (κ3) is 1.25. The molecule has 0 N–H and O–H groups in total. The fourth-order valence-corrected chi connectivity index (χ4v) is 1.02. The van der Waals surface area contributed by atoms with Crippen LogP contribution in [-0.4, -0.2) is 12.2 Å². The van der Waals surface area contributed by atoms with Crippen molar-refractivity contribution in [1.29, 1.82) is 0 Å². The van der Waals surface area contributed by atoms with Crippen molar-refractivity contribution in [2.24, 2.45) is 5.16 Å². The molecule has 2 rings (SSSR count). The highest BCUT2D eigenvalue weighted by molar-refractivity contribution is 5.94. The summed E-state index contributed by atoms with van der Waals surface area (Å²) < 4.78 is 5.28. The molecule has 0 aromatic heterocycles. The van der Waals surface area contributed by atoms with E-state index in [0.29, 0.717) is 5.90 Å². The van der Waals surface area contributed by atoms with Gasteiger partial charge in [0.05, 0.1) is 0 Å². The fraction of sp³-hybridized carbons (Fsp3) is 0.222. The molecule has 1 unspecified atom stereocenters. The van der Waals surface area contributed by atoms with Crippen LogP contribution in [0.3, 0.4) is 0 Å². The Labute approximate surface area is 70.6 Å². The Morgan fingerprint density at radius 2 is 2.00 bits per heavy atom. The maximum Gasteiger partial charge on any atom is 0.264 e. The quantitative estimate of drug-likeness (QED) is 0.631. The van der Waals surface area contributed by atoms with Gasteiger partial charge in [-0.05, 0) is 17.3 Å². The molecular formula is C9H9NO2. The second kappa shape index (κ2) is 2.85. The van der Waals surface area contributed by atoms with Gasteiger partial charge >= 0.3 is 0 Å². The van der Waals surface area contributed by atoms with Crippen molar-refractivity contribution in [3.05, 3.63) is 35.9 Å². The standard InChI is InChI=1S/C9H9NO2/c1-7-11-9(10-12-7)8-5-3-2-4-6-8/h2-7H,1H3. The van der Waals surface area contributed by atoms with Crippen LogP contribution in [-0.2, 0) is 9.57 Å². The zero-order valence-corrected chi connectivity index (χ0v) is 6.73. The number of nitrogens with zero attached hydrogens (tertiary/aromatic N) is 1. The summed E-state index contributed by atoms with van der Waals surface area (Å²) in [7, 11) is 0. The van der Waals surface area contributed by atoms with Crippen LogP contribution in [0.5, 0.6) is 0 Å². The van der Waals surface area contributed by atoms with E-state index in [4.69, 9.17) is 9.57 Å². The first kappa shape index (κ1) is 7.16. The molecule has 1 atom stereocenters. The minimum absolute atomic E-state index is 0.264. The van der Waals surface area contributed by atoms with E-state index in [1.165, 1.54) is 0 Å². The van der Waals surface area contributed by atoms with Gasteiger partial charge in [-0.25, -0.2) is 0 Å². The monoisotopic (exact) mass is 163 g/mol. The lowest BCUT2D eigenvalue weighted by Crippen LogP contribution is -2.07. The molecule has 0 aliphatic carbocycles. The molecule has 1 aliphatic heterocycles. The smallest absolute Gasteiger partial charge is 0.264 e. The Balaban J connectivity index is 2.22. The third-order valence-electron chi connectivity index (χ3n) is 1.58. The summed E-state index contributed by atoms with van der Waals surface area (Å²) in [6.07, 6.45) is -0.264.